The minimum atomic E-state index is -1.63. The number of thioether (sulfide) groups is 1. The van der Waals surface area contributed by atoms with Crippen molar-refractivity contribution >= 4 is 76.6 Å². The number of nitrogens with one attached hydrogen (secondary N) is 1. The maximum atomic E-state index is 14.2. The van der Waals surface area contributed by atoms with E-state index in [0.717, 1.165) is 16.7 Å². The smallest absolute Gasteiger partial charge is 0.409 e. The fraction of sp³-hybridized carbons (Fsp3) is 0.647. The first-order chi connectivity index (χ1) is 34.1. The van der Waals surface area contributed by atoms with Gasteiger partial charge in [-0.1, -0.05) is 55.3 Å². The largest absolute Gasteiger partial charge is 0.457 e. The Bertz CT molecular complexity index is 2340. The first-order valence-electron chi connectivity index (χ1n) is 24.8. The lowest BCUT2D eigenvalue weighted by Crippen LogP contribution is -2.60. The van der Waals surface area contributed by atoms with Gasteiger partial charge < -0.3 is 38.5 Å². The monoisotopic (exact) mass is 1040 g/mol. The summed E-state index contributed by atoms with van der Waals surface area (Å²) in [6.07, 6.45) is 3.71. The zero-order valence-corrected chi connectivity index (χ0v) is 43.6. The van der Waals surface area contributed by atoms with Crippen LogP contribution in [0, 0.1) is 30.6 Å². The predicted molar refractivity (Wildman–Crippen MR) is 262 cm³/mol. The number of rotatable bonds is 14. The second-order valence-corrected chi connectivity index (χ2v) is 21.9. The van der Waals surface area contributed by atoms with Crippen molar-refractivity contribution in [3.63, 3.8) is 0 Å². The molecule has 0 spiro atoms. The van der Waals surface area contributed by atoms with Gasteiger partial charge in [0.15, 0.2) is 6.10 Å². The van der Waals surface area contributed by atoms with Gasteiger partial charge in [-0.2, -0.15) is 0 Å². The highest BCUT2D eigenvalue weighted by Gasteiger charge is 2.64. The zero-order valence-electron chi connectivity index (χ0n) is 42.0. The fourth-order valence-corrected chi connectivity index (χ4v) is 11.4. The molecule has 6 amide bonds. The van der Waals surface area contributed by atoms with Gasteiger partial charge in [-0.05, 0) is 82.9 Å². The number of esters is 1. The van der Waals surface area contributed by atoms with Gasteiger partial charge in [-0.3, -0.25) is 34.2 Å². The molecule has 9 atom stereocenters. The predicted octanol–water partition coefficient (Wildman–Crippen LogP) is 5.28. The number of hydrogen-bond acceptors (Lipinski definition) is 16. The summed E-state index contributed by atoms with van der Waals surface area (Å²) < 4.78 is 29.6. The number of aliphatic hydroxyl groups is 1. The molecule has 2 unspecified atom stereocenters. The summed E-state index contributed by atoms with van der Waals surface area (Å²) in [4.78, 5) is 111. The number of epoxide rings is 1. The normalized spacial score (nSPS) is 32.9. The molecule has 19 nitrogen and oxygen atoms in total. The number of imide groups is 2. The molecule has 5 aliphatic heterocycles. The van der Waals surface area contributed by atoms with Crippen LogP contribution in [-0.4, -0.2) is 143 Å². The Kier molecular flexibility index (Phi) is 17.6. The second-order valence-electron chi connectivity index (χ2n) is 20.2. The first-order valence-corrected chi connectivity index (χ1v) is 26.2. The summed E-state index contributed by atoms with van der Waals surface area (Å²) in [5, 5.41) is 14.7. The van der Waals surface area contributed by atoms with Gasteiger partial charge in [0, 0.05) is 56.9 Å². The molecule has 72 heavy (non-hydrogen) atoms. The van der Waals surface area contributed by atoms with Crippen LogP contribution in [-0.2, 0) is 68.5 Å². The molecular formula is C51H67ClN4O15S. The van der Waals surface area contributed by atoms with Crippen LogP contribution in [0.2, 0.25) is 5.02 Å². The number of ether oxygens (including phenoxy) is 5. The molecule has 4 saturated heterocycles. The highest BCUT2D eigenvalue weighted by Crippen LogP contribution is 2.49. The number of allylic oxidation sites excluding steroid dienone is 3. The standard InChI is InChI=1S/C51H67ClN4O15S/c1-28-9-8-10-30(3)51(65)26-37(68-49(64)53-51)31(4)45-50(6,70-45)39(25-42(59)54(7)36-23-34(21-28)22-29(2)44(36)52)69-47(62)32(5)67-18-17-66-19-20-72-38-24-43(60)55(46(38)61)27-33-11-13-35(14-12-33)48(63)71-56-40(57)15-16-41(56)58/h8-10,22-23,30-33,35,37-39,45,65H,11-21,24-27H2,1-7H3,(H,53,64)/b10-8+,28-9+/t30-,31-,32+,33-,35-,37?,38?,39+,45+,50+,51+/m1/s1. The topological polar surface area (TPSA) is 237 Å². The SMILES string of the molecule is C/C1=C\C=C\[C@@H](C)[C@@]2(O)CC(OC(=O)N2)[C@@H](C)[C@@H]2O[C@@]2(C)[C@@H](OC(=O)[C@H](C)OCCOCCSC2CC(=O)N(C[C@H]3CC[C@H](C(=O)ON4C(=O)CCC4=O)CC3)C2=O)CC(=O)N(C)c2cc(cc(C)c2Cl)C1. The Hall–Kier alpha value is -4.86. The molecule has 21 heteroatoms. The van der Waals surface area contributed by atoms with Crippen molar-refractivity contribution in [2.45, 2.75) is 147 Å². The Labute approximate surface area is 428 Å². The second kappa shape index (κ2) is 23.1. The molecule has 1 saturated carbocycles. The molecule has 6 aliphatic rings. The van der Waals surface area contributed by atoms with Gasteiger partial charge in [0.1, 0.15) is 23.5 Å². The molecule has 0 aromatic heterocycles. The van der Waals surface area contributed by atoms with Crippen molar-refractivity contribution in [2.24, 2.45) is 23.7 Å². The van der Waals surface area contributed by atoms with Crippen molar-refractivity contribution in [3.8, 4) is 0 Å². The van der Waals surface area contributed by atoms with E-state index in [0.29, 0.717) is 53.6 Å². The van der Waals surface area contributed by atoms with Crippen LogP contribution in [0.15, 0.2) is 35.9 Å². The van der Waals surface area contributed by atoms with E-state index < -0.39 is 94.5 Å². The summed E-state index contributed by atoms with van der Waals surface area (Å²) in [5.74, 6) is -4.37. The van der Waals surface area contributed by atoms with Crippen LogP contribution in [0.5, 0.6) is 0 Å². The number of hydrogen-bond donors (Lipinski definition) is 2. The number of carbonyl (C=O) groups excluding carboxylic acids is 8. The summed E-state index contributed by atoms with van der Waals surface area (Å²) in [7, 11) is 1.61. The number of nitrogens with zero attached hydrogens (tertiary/aromatic N) is 3. The summed E-state index contributed by atoms with van der Waals surface area (Å²) >= 11 is 8.13. The van der Waals surface area contributed by atoms with Crippen molar-refractivity contribution in [1.29, 1.82) is 0 Å². The van der Waals surface area contributed by atoms with E-state index in [4.69, 9.17) is 40.1 Å². The molecule has 5 fully saturated rings. The van der Waals surface area contributed by atoms with E-state index in [9.17, 15) is 43.5 Å². The van der Waals surface area contributed by atoms with Gasteiger partial charge in [0.05, 0.1) is 54.2 Å². The number of benzene rings is 1. The van der Waals surface area contributed by atoms with Crippen molar-refractivity contribution < 1.29 is 72.0 Å². The number of hydroxylamine groups is 2. The van der Waals surface area contributed by atoms with E-state index in [1.807, 2.05) is 58.1 Å². The average Bonchev–Trinajstić information content (AvgIpc) is 3.84. The number of aryl methyl sites for hydroxylation is 1. The summed E-state index contributed by atoms with van der Waals surface area (Å²) in [6.45, 7) is 11.4. The van der Waals surface area contributed by atoms with Gasteiger partial charge in [-0.25, -0.2) is 14.4 Å². The number of likely N-dealkylation sites (tertiary alicyclic amines) is 1. The van der Waals surface area contributed by atoms with E-state index >= 15 is 0 Å². The van der Waals surface area contributed by atoms with Gasteiger partial charge in [-0.15, -0.1) is 16.8 Å². The van der Waals surface area contributed by atoms with E-state index in [1.165, 1.54) is 28.5 Å². The van der Waals surface area contributed by atoms with E-state index in [-0.39, 0.29) is 76.2 Å². The zero-order chi connectivity index (χ0) is 52.2. The van der Waals surface area contributed by atoms with Crippen LogP contribution in [0.1, 0.15) is 104 Å². The highest BCUT2D eigenvalue weighted by atomic mass is 35.5. The Morgan fingerprint density at radius 1 is 0.972 bits per heavy atom. The average molecular weight is 1040 g/mol. The quantitative estimate of drug-likeness (QED) is 0.104. The molecule has 0 radical (unpaired) electrons. The van der Waals surface area contributed by atoms with Crippen LogP contribution in [0.3, 0.4) is 0 Å². The van der Waals surface area contributed by atoms with Crippen LogP contribution < -0.4 is 10.2 Å². The molecule has 7 rings (SSSR count). The van der Waals surface area contributed by atoms with E-state index in [1.54, 1.807) is 14.0 Å². The molecule has 2 N–H and O–H groups in total. The summed E-state index contributed by atoms with van der Waals surface area (Å²) in [6, 6.07) is 3.82. The number of halogens is 1. The number of fused-ring (bicyclic) bond motifs is 5. The Morgan fingerprint density at radius 2 is 1.68 bits per heavy atom. The Morgan fingerprint density at radius 3 is 2.39 bits per heavy atom. The van der Waals surface area contributed by atoms with Gasteiger partial charge >= 0.3 is 18.0 Å². The molecule has 394 valence electrons. The fourth-order valence-electron chi connectivity index (χ4n) is 10.1. The maximum Gasteiger partial charge on any atom is 0.409 e. The Balaban J connectivity index is 0.893. The van der Waals surface area contributed by atoms with Crippen LogP contribution >= 0.6 is 23.4 Å². The van der Waals surface area contributed by atoms with Crippen LogP contribution in [0.25, 0.3) is 0 Å². The molecule has 5 heterocycles. The highest BCUT2D eigenvalue weighted by molar-refractivity contribution is 8.00. The third-order valence-electron chi connectivity index (χ3n) is 14.8. The third-order valence-corrected chi connectivity index (χ3v) is 16.5. The number of alkyl carbamates (subject to hydrolysis) is 1. The van der Waals surface area contributed by atoms with E-state index in [2.05, 4.69) is 5.32 Å². The molecule has 4 bridgehead atoms. The first kappa shape index (κ1) is 54.9. The van der Waals surface area contributed by atoms with Gasteiger partial charge in [0.2, 0.25) is 17.7 Å². The third kappa shape index (κ3) is 12.7. The summed E-state index contributed by atoms with van der Waals surface area (Å²) in [5.41, 5.74) is 0.362. The maximum absolute atomic E-state index is 14.2. The van der Waals surface area contributed by atoms with Crippen molar-refractivity contribution in [2.75, 3.05) is 44.1 Å². The van der Waals surface area contributed by atoms with Gasteiger partial charge in [0.25, 0.3) is 11.8 Å². The lowest BCUT2D eigenvalue weighted by atomic mass is 9.82. The number of anilines is 1. The lowest BCUT2D eigenvalue weighted by molar-refractivity contribution is -0.201. The van der Waals surface area contributed by atoms with Crippen molar-refractivity contribution in [1.82, 2.24) is 15.3 Å². The van der Waals surface area contributed by atoms with Crippen LogP contribution in [0.4, 0.5) is 10.5 Å². The lowest BCUT2D eigenvalue weighted by Gasteiger charge is -2.41. The molecular weight excluding hydrogens is 976 g/mol. The minimum Gasteiger partial charge on any atom is -0.457 e. The molecule has 1 aliphatic carbocycles. The molecule has 1 aromatic carbocycles. The number of amides is 6. The minimum absolute atomic E-state index is 0.0143. The number of carbonyl (C=O) groups is 8. The van der Waals surface area contributed by atoms with Crippen molar-refractivity contribution in [3.05, 3.63) is 52.1 Å². The molecule has 1 aromatic rings.